The quantitative estimate of drug-likeness (QED) is 0.170. The van der Waals surface area contributed by atoms with E-state index in [4.69, 9.17) is 5.11 Å². The summed E-state index contributed by atoms with van der Waals surface area (Å²) in [5, 5.41) is 32.3. The van der Waals surface area contributed by atoms with Crippen molar-refractivity contribution in [2.24, 2.45) is 0 Å². The highest BCUT2D eigenvalue weighted by molar-refractivity contribution is 5.66. The Kier molecular flexibility index (Phi) is 15.2. The molecule has 0 unspecified atom stereocenters. The van der Waals surface area contributed by atoms with Crippen LogP contribution in [-0.2, 0) is 11.2 Å². The molecular weight excluding hydrogens is 402 g/mol. The molecule has 1 aromatic carbocycles. The molecule has 0 aliphatic carbocycles. The number of allylic oxidation sites excluding steroid dienone is 3. The molecule has 0 aromatic heterocycles. The highest BCUT2D eigenvalue weighted by atomic mass is 16.4. The number of aliphatic carboxylic acids is 1. The number of carbonyl (C=O) groups is 1. The second-order valence-electron chi connectivity index (χ2n) is 8.52. The van der Waals surface area contributed by atoms with Crippen molar-refractivity contribution < 1.29 is 20.1 Å². The summed E-state index contributed by atoms with van der Waals surface area (Å²) in [6, 6.07) is 7.56. The Labute approximate surface area is 194 Å². The molecule has 0 saturated heterocycles. The van der Waals surface area contributed by atoms with Gasteiger partial charge in [-0.25, -0.2) is 0 Å². The molecular formula is C27H43NO4. The molecule has 4 N–H and O–H groups in total. The number of rotatable bonds is 18. The molecule has 0 amide bonds. The summed E-state index contributed by atoms with van der Waals surface area (Å²) in [6.07, 6.45) is 15.4. The third-order valence-electron chi connectivity index (χ3n) is 5.57. The lowest BCUT2D eigenvalue weighted by molar-refractivity contribution is -0.137. The van der Waals surface area contributed by atoms with E-state index in [0.717, 1.165) is 69.0 Å². The zero-order valence-electron chi connectivity index (χ0n) is 19.9. The Hall–Kier alpha value is -2.11. The summed E-state index contributed by atoms with van der Waals surface area (Å²) in [6.45, 7) is 5.06. The van der Waals surface area contributed by atoms with Crippen molar-refractivity contribution in [3.05, 3.63) is 53.6 Å². The SMILES string of the molecule is CCCCC[C@H](O)/C=C/C(=C/CCCC[C@H](CCC(=O)O)NCC)Cc1cccc(O)c1. The number of aliphatic hydroxyl groups excluding tert-OH is 1. The van der Waals surface area contributed by atoms with Gasteiger partial charge in [0.15, 0.2) is 0 Å². The van der Waals surface area contributed by atoms with E-state index in [1.54, 1.807) is 12.1 Å². The molecule has 2 atom stereocenters. The molecule has 180 valence electrons. The molecule has 0 fully saturated rings. The maximum atomic E-state index is 10.8. The fourth-order valence-corrected chi connectivity index (χ4v) is 3.79. The summed E-state index contributed by atoms with van der Waals surface area (Å²) in [4.78, 5) is 10.8. The zero-order chi connectivity index (χ0) is 23.6. The minimum Gasteiger partial charge on any atom is -0.508 e. The predicted molar refractivity (Wildman–Crippen MR) is 132 cm³/mol. The summed E-state index contributed by atoms with van der Waals surface area (Å²) in [7, 11) is 0. The number of aromatic hydroxyl groups is 1. The first-order chi connectivity index (χ1) is 15.4. The number of phenolic OH excluding ortho intramolecular Hbond substituents is 1. The van der Waals surface area contributed by atoms with Gasteiger partial charge in [-0.1, -0.05) is 69.9 Å². The Bertz CT molecular complexity index is 699. The van der Waals surface area contributed by atoms with Crippen LogP contribution in [0.2, 0.25) is 0 Å². The molecule has 1 aromatic rings. The van der Waals surface area contributed by atoms with Crippen LogP contribution >= 0.6 is 0 Å². The van der Waals surface area contributed by atoms with Crippen LogP contribution in [0.25, 0.3) is 0 Å². The van der Waals surface area contributed by atoms with E-state index in [-0.39, 0.29) is 18.2 Å². The molecule has 0 aliphatic heterocycles. The van der Waals surface area contributed by atoms with Crippen LogP contribution in [0.3, 0.4) is 0 Å². The lowest BCUT2D eigenvalue weighted by atomic mass is 10.00. The lowest BCUT2D eigenvalue weighted by Gasteiger charge is -2.16. The second-order valence-corrected chi connectivity index (χ2v) is 8.52. The number of unbranched alkanes of at least 4 members (excludes halogenated alkanes) is 4. The molecule has 0 bridgehead atoms. The van der Waals surface area contributed by atoms with Gasteiger partial charge in [-0.05, 0) is 68.3 Å². The van der Waals surface area contributed by atoms with Gasteiger partial charge in [0.2, 0.25) is 0 Å². The van der Waals surface area contributed by atoms with Gasteiger partial charge in [0.1, 0.15) is 5.75 Å². The van der Waals surface area contributed by atoms with Crippen molar-refractivity contribution in [2.75, 3.05) is 6.54 Å². The van der Waals surface area contributed by atoms with Gasteiger partial charge < -0.3 is 20.6 Å². The van der Waals surface area contributed by atoms with E-state index in [1.807, 2.05) is 31.2 Å². The first kappa shape index (κ1) is 27.9. The van der Waals surface area contributed by atoms with Gasteiger partial charge in [-0.15, -0.1) is 0 Å². The Morgan fingerprint density at radius 1 is 1.09 bits per heavy atom. The van der Waals surface area contributed by atoms with Gasteiger partial charge in [0.25, 0.3) is 0 Å². The number of carboxylic acids is 1. The fourth-order valence-electron chi connectivity index (χ4n) is 3.79. The zero-order valence-corrected chi connectivity index (χ0v) is 19.9. The van der Waals surface area contributed by atoms with Crippen molar-refractivity contribution in [3.63, 3.8) is 0 Å². The maximum absolute atomic E-state index is 10.8. The van der Waals surface area contributed by atoms with E-state index in [1.165, 1.54) is 0 Å². The molecule has 1 rings (SSSR count). The molecule has 0 saturated carbocycles. The van der Waals surface area contributed by atoms with Crippen molar-refractivity contribution >= 4 is 5.97 Å². The Morgan fingerprint density at radius 3 is 2.56 bits per heavy atom. The maximum Gasteiger partial charge on any atom is 0.303 e. The van der Waals surface area contributed by atoms with Gasteiger partial charge >= 0.3 is 5.97 Å². The average Bonchev–Trinajstić information content (AvgIpc) is 2.75. The number of hydrogen-bond donors (Lipinski definition) is 4. The van der Waals surface area contributed by atoms with E-state index in [2.05, 4.69) is 18.3 Å². The molecule has 32 heavy (non-hydrogen) atoms. The molecule has 5 nitrogen and oxygen atoms in total. The third kappa shape index (κ3) is 14.0. The first-order valence-corrected chi connectivity index (χ1v) is 12.2. The highest BCUT2D eigenvalue weighted by Gasteiger charge is 2.09. The van der Waals surface area contributed by atoms with Crippen molar-refractivity contribution in [1.82, 2.24) is 5.32 Å². The largest absolute Gasteiger partial charge is 0.508 e. The van der Waals surface area contributed by atoms with Crippen LogP contribution < -0.4 is 5.32 Å². The molecule has 5 heteroatoms. The van der Waals surface area contributed by atoms with Gasteiger partial charge in [0, 0.05) is 12.5 Å². The Balaban J connectivity index is 2.63. The average molecular weight is 446 g/mol. The molecule has 0 aliphatic rings. The number of aliphatic hydroxyl groups is 1. The molecule has 0 spiro atoms. The number of carboxylic acid groups (broad SMARTS) is 1. The first-order valence-electron chi connectivity index (χ1n) is 12.2. The smallest absolute Gasteiger partial charge is 0.303 e. The van der Waals surface area contributed by atoms with E-state index in [0.29, 0.717) is 12.8 Å². The van der Waals surface area contributed by atoms with Crippen molar-refractivity contribution in [2.45, 2.75) is 96.6 Å². The second kappa shape index (κ2) is 17.4. The van der Waals surface area contributed by atoms with E-state index >= 15 is 0 Å². The number of nitrogens with one attached hydrogen (secondary N) is 1. The summed E-state index contributed by atoms with van der Waals surface area (Å²) in [5.74, 6) is -0.475. The van der Waals surface area contributed by atoms with Crippen LogP contribution in [0.4, 0.5) is 0 Å². The molecule has 0 radical (unpaired) electrons. The lowest BCUT2D eigenvalue weighted by Crippen LogP contribution is -2.29. The number of benzene rings is 1. The highest BCUT2D eigenvalue weighted by Crippen LogP contribution is 2.18. The van der Waals surface area contributed by atoms with Crippen molar-refractivity contribution in [1.29, 1.82) is 0 Å². The van der Waals surface area contributed by atoms with Crippen LogP contribution in [0.5, 0.6) is 5.75 Å². The van der Waals surface area contributed by atoms with E-state index < -0.39 is 12.1 Å². The normalized spacial score (nSPS) is 14.0. The van der Waals surface area contributed by atoms with Gasteiger partial charge in [0.05, 0.1) is 6.10 Å². The van der Waals surface area contributed by atoms with Crippen LogP contribution in [0.1, 0.15) is 83.6 Å². The molecule has 0 heterocycles. The monoisotopic (exact) mass is 445 g/mol. The fraction of sp³-hybridized carbons (Fsp3) is 0.593. The van der Waals surface area contributed by atoms with Gasteiger partial charge in [-0.2, -0.15) is 0 Å². The van der Waals surface area contributed by atoms with Crippen LogP contribution in [0, 0.1) is 0 Å². The van der Waals surface area contributed by atoms with Crippen LogP contribution in [0.15, 0.2) is 48.1 Å². The minimum atomic E-state index is -0.740. The van der Waals surface area contributed by atoms with Crippen molar-refractivity contribution in [3.8, 4) is 5.75 Å². The predicted octanol–water partition coefficient (Wildman–Crippen LogP) is 5.76. The summed E-state index contributed by atoms with van der Waals surface area (Å²) >= 11 is 0. The standard InChI is InChI=1S/C27H43NO4/c1-3-5-7-14-25(29)18-16-22(20-23-12-10-15-26(30)21-23)11-8-6-9-13-24(28-4-2)17-19-27(31)32/h10-12,15-16,18,21,24-25,28-30H,3-9,13-14,17,19-20H2,1-2H3,(H,31,32)/b18-16+,22-11-/t24-,25+/m1/s1. The Morgan fingerprint density at radius 2 is 1.88 bits per heavy atom. The summed E-state index contributed by atoms with van der Waals surface area (Å²) < 4.78 is 0. The van der Waals surface area contributed by atoms with E-state index in [9.17, 15) is 15.0 Å². The number of hydrogen-bond acceptors (Lipinski definition) is 4. The topological polar surface area (TPSA) is 89.8 Å². The van der Waals surface area contributed by atoms with Gasteiger partial charge in [-0.3, -0.25) is 4.79 Å². The number of phenols is 1. The third-order valence-corrected chi connectivity index (χ3v) is 5.57. The van der Waals surface area contributed by atoms with Crippen LogP contribution in [-0.4, -0.2) is 40.0 Å². The minimum absolute atomic E-state index is 0.205. The summed E-state index contributed by atoms with van der Waals surface area (Å²) in [5.41, 5.74) is 2.18.